The van der Waals surface area contributed by atoms with Gasteiger partial charge in [0, 0.05) is 19.5 Å². The molecule has 0 saturated carbocycles. The van der Waals surface area contributed by atoms with Crippen LogP contribution in [-0.4, -0.2) is 49.2 Å². The van der Waals surface area contributed by atoms with Crippen molar-refractivity contribution in [3.63, 3.8) is 0 Å². The monoisotopic (exact) mass is 404 g/mol. The minimum absolute atomic E-state index is 0.104. The molecule has 0 aliphatic carbocycles. The second-order valence-electron chi connectivity index (χ2n) is 9.79. The molecule has 28 heavy (non-hydrogen) atoms. The lowest BCUT2D eigenvalue weighted by molar-refractivity contribution is -0.240. The van der Waals surface area contributed by atoms with E-state index in [4.69, 9.17) is 10.5 Å². The number of likely N-dealkylation sites (tertiary alicyclic amines) is 1. The number of hydrogen-bond donors (Lipinski definition) is 1. The topological polar surface area (TPSA) is 108 Å². The number of carbonyl (C=O) groups is 3. The maximum atomic E-state index is 12.0. The summed E-state index contributed by atoms with van der Waals surface area (Å²) in [5, 5.41) is 0. The van der Waals surface area contributed by atoms with Gasteiger partial charge in [0.1, 0.15) is 5.60 Å². The van der Waals surface area contributed by atoms with E-state index in [1.54, 1.807) is 20.8 Å². The fourth-order valence-electron chi connectivity index (χ4n) is 2.39. The third-order valence-electron chi connectivity index (χ3n) is 4.00. The lowest BCUT2D eigenvalue weighted by Crippen LogP contribution is -2.32. The summed E-state index contributed by atoms with van der Waals surface area (Å²) in [5.41, 5.74) is 4.65. The first kappa shape index (κ1) is 28.4. The van der Waals surface area contributed by atoms with Gasteiger partial charge in [-0.05, 0) is 37.5 Å². The van der Waals surface area contributed by atoms with E-state index in [-0.39, 0.29) is 17.3 Å². The van der Waals surface area contributed by atoms with E-state index in [9.17, 15) is 9.59 Å². The number of amides is 2. The van der Waals surface area contributed by atoms with Gasteiger partial charge in [0.2, 0.25) is 5.91 Å². The maximum Gasteiger partial charge on any atom is 0.405 e. The Morgan fingerprint density at radius 1 is 1.18 bits per heavy atom. The van der Waals surface area contributed by atoms with Crippen molar-refractivity contribution in [2.75, 3.05) is 20.2 Å². The maximum absolute atomic E-state index is 12.0. The van der Waals surface area contributed by atoms with E-state index in [0.29, 0.717) is 18.2 Å². The largest absolute Gasteiger partial charge is 0.444 e. The number of nitrogens with zero attached hydrogens (tertiary/aromatic N) is 1. The molecule has 0 aromatic carbocycles. The van der Waals surface area contributed by atoms with E-state index in [0.717, 1.165) is 13.1 Å². The Bertz CT molecular complexity index is 492. The Kier molecular flexibility index (Phi) is 12.0. The summed E-state index contributed by atoms with van der Waals surface area (Å²) in [6, 6.07) is 0. The van der Waals surface area contributed by atoms with Gasteiger partial charge in [-0.3, -0.25) is 9.59 Å². The second-order valence-corrected chi connectivity index (χ2v) is 9.79. The van der Waals surface area contributed by atoms with Gasteiger partial charge in [-0.1, -0.05) is 41.5 Å². The third kappa shape index (κ3) is 15.2. The molecule has 1 atom stereocenters. The van der Waals surface area contributed by atoms with E-state index in [1.807, 2.05) is 4.90 Å². The molecule has 1 heterocycles. The van der Waals surface area contributed by atoms with Gasteiger partial charge in [0.15, 0.2) is 0 Å². The number of carbonyl (C=O) groups excluding carboxylic acids is 3. The lowest BCUT2D eigenvalue weighted by atomic mass is 9.84. The van der Waals surface area contributed by atoms with Gasteiger partial charge in [-0.15, -0.1) is 0 Å². The highest BCUT2D eigenvalue weighted by Gasteiger charge is 2.38. The van der Waals surface area contributed by atoms with Crippen LogP contribution in [0.4, 0.5) is 4.79 Å². The molecular formula is C20H40N2O6. The normalized spacial score (nSPS) is 18.1. The van der Waals surface area contributed by atoms with Crippen molar-refractivity contribution in [1.29, 1.82) is 0 Å². The molecule has 1 fully saturated rings. The molecule has 0 aromatic heterocycles. The van der Waals surface area contributed by atoms with Crippen molar-refractivity contribution in [3.05, 3.63) is 0 Å². The van der Waals surface area contributed by atoms with Gasteiger partial charge < -0.3 is 20.3 Å². The zero-order chi connectivity index (χ0) is 22.8. The molecule has 166 valence electrons. The minimum Gasteiger partial charge on any atom is -0.444 e. The summed E-state index contributed by atoms with van der Waals surface area (Å²) in [5.74, 6) is 0.932. The highest BCUT2D eigenvalue weighted by Crippen LogP contribution is 2.35. The summed E-state index contributed by atoms with van der Waals surface area (Å²) < 4.78 is 4.58. The van der Waals surface area contributed by atoms with E-state index in [1.165, 1.54) is 7.11 Å². The first-order valence-corrected chi connectivity index (χ1v) is 9.34. The van der Waals surface area contributed by atoms with Gasteiger partial charge in [0.05, 0.1) is 7.11 Å². The molecule has 1 unspecified atom stereocenters. The molecule has 8 heteroatoms. The summed E-state index contributed by atoms with van der Waals surface area (Å²) in [6.45, 7) is 20.5. The van der Waals surface area contributed by atoms with Crippen LogP contribution in [-0.2, 0) is 24.1 Å². The van der Waals surface area contributed by atoms with Crippen molar-refractivity contribution in [1.82, 2.24) is 4.90 Å². The molecule has 0 spiro atoms. The fraction of sp³-hybridized carbons (Fsp3) is 0.850. The molecule has 0 bridgehead atoms. The third-order valence-corrected chi connectivity index (χ3v) is 4.00. The Morgan fingerprint density at radius 2 is 1.68 bits per heavy atom. The van der Waals surface area contributed by atoms with Crippen molar-refractivity contribution < 1.29 is 28.9 Å². The number of hydrogen-bond acceptors (Lipinski definition) is 6. The van der Waals surface area contributed by atoms with Gasteiger partial charge in [-0.2, -0.15) is 4.89 Å². The lowest BCUT2D eigenvalue weighted by Gasteiger charge is -2.24. The average Bonchev–Trinajstić information content (AvgIpc) is 2.70. The van der Waals surface area contributed by atoms with Gasteiger partial charge in [0.25, 0.3) is 0 Å². The highest BCUT2D eigenvalue weighted by molar-refractivity contribution is 5.77. The summed E-state index contributed by atoms with van der Waals surface area (Å²) >= 11 is 0. The number of rotatable bonds is 3. The molecular weight excluding hydrogens is 364 g/mol. The molecule has 1 aliphatic rings. The molecule has 1 rings (SSSR count). The van der Waals surface area contributed by atoms with Crippen LogP contribution in [0, 0.1) is 16.7 Å². The Hall–Kier alpha value is -1.83. The van der Waals surface area contributed by atoms with Crippen molar-refractivity contribution in [2.45, 2.75) is 74.3 Å². The standard InChI is InChI=1S/C13H25NO.C5H11NO2.C2H4O3/c1-10-8-14(9-13(10,5)6)11(15)7-12(2,3)4;1-5(2,3)8-4(6)7;1-4-5-2-3/h10H,7-9H2,1-6H3;1-3H3,(H2,6,7);2H,1H3. The van der Waals surface area contributed by atoms with Crippen molar-refractivity contribution in [3.8, 4) is 0 Å². The molecule has 1 saturated heterocycles. The number of primary amides is 1. The first-order chi connectivity index (χ1) is 12.4. The Balaban J connectivity index is 0. The minimum atomic E-state index is -0.725. The van der Waals surface area contributed by atoms with Crippen LogP contribution >= 0.6 is 0 Å². The van der Waals surface area contributed by atoms with Crippen LogP contribution in [0.5, 0.6) is 0 Å². The smallest absolute Gasteiger partial charge is 0.405 e. The van der Waals surface area contributed by atoms with Crippen LogP contribution in [0.1, 0.15) is 68.7 Å². The summed E-state index contributed by atoms with van der Waals surface area (Å²) in [7, 11) is 1.26. The van der Waals surface area contributed by atoms with Crippen molar-refractivity contribution in [2.24, 2.45) is 22.5 Å². The second kappa shape index (κ2) is 11.9. The summed E-state index contributed by atoms with van der Waals surface area (Å²) in [4.78, 5) is 40.6. The highest BCUT2D eigenvalue weighted by atomic mass is 17.2. The van der Waals surface area contributed by atoms with Gasteiger partial charge in [-0.25, -0.2) is 4.79 Å². The Morgan fingerprint density at radius 3 is 1.86 bits per heavy atom. The quantitative estimate of drug-likeness (QED) is 0.438. The average molecular weight is 405 g/mol. The summed E-state index contributed by atoms with van der Waals surface area (Å²) in [6.07, 6.45) is -0.0620. The zero-order valence-electron chi connectivity index (χ0n) is 19.3. The van der Waals surface area contributed by atoms with Crippen LogP contribution in [0.15, 0.2) is 0 Å². The molecule has 2 amide bonds. The predicted octanol–water partition coefficient (Wildman–Crippen LogP) is 3.53. The molecule has 8 nitrogen and oxygen atoms in total. The van der Waals surface area contributed by atoms with Crippen LogP contribution in [0.2, 0.25) is 0 Å². The fourth-order valence-corrected chi connectivity index (χ4v) is 2.39. The van der Waals surface area contributed by atoms with E-state index in [2.05, 4.69) is 56.1 Å². The van der Waals surface area contributed by atoms with E-state index < -0.39 is 11.7 Å². The van der Waals surface area contributed by atoms with Crippen molar-refractivity contribution >= 4 is 18.5 Å². The van der Waals surface area contributed by atoms with Crippen LogP contribution < -0.4 is 5.73 Å². The number of nitrogens with two attached hydrogens (primary N) is 1. The molecule has 0 radical (unpaired) electrons. The molecule has 2 N–H and O–H groups in total. The Labute approximate surface area is 170 Å². The van der Waals surface area contributed by atoms with Crippen LogP contribution in [0.3, 0.4) is 0 Å². The van der Waals surface area contributed by atoms with E-state index >= 15 is 0 Å². The number of ether oxygens (including phenoxy) is 1. The predicted molar refractivity (Wildman–Crippen MR) is 108 cm³/mol. The van der Waals surface area contributed by atoms with Crippen LogP contribution in [0.25, 0.3) is 0 Å². The first-order valence-electron chi connectivity index (χ1n) is 9.34. The molecule has 1 aliphatic heterocycles. The zero-order valence-corrected chi connectivity index (χ0v) is 19.3. The van der Waals surface area contributed by atoms with Gasteiger partial charge >= 0.3 is 12.6 Å². The SMILES string of the molecule is CC(C)(C)OC(N)=O.CC1CN(C(=O)CC(C)(C)C)CC1(C)C.COOC=O. The molecule has 0 aromatic rings.